The highest BCUT2D eigenvalue weighted by Gasteiger charge is 2.09. The van der Waals surface area contributed by atoms with Gasteiger partial charge in [0.25, 0.3) is 0 Å². The van der Waals surface area contributed by atoms with E-state index in [9.17, 15) is 0 Å². The summed E-state index contributed by atoms with van der Waals surface area (Å²) in [5.74, 6) is 0.853. The van der Waals surface area contributed by atoms with Crippen LogP contribution in [0.25, 0.3) is 0 Å². The molecule has 2 rings (SSSR count). The van der Waals surface area contributed by atoms with Gasteiger partial charge in [-0.1, -0.05) is 0 Å². The van der Waals surface area contributed by atoms with Crippen molar-refractivity contribution in [2.45, 2.75) is 0 Å². The van der Waals surface area contributed by atoms with Crippen LogP contribution in [0.3, 0.4) is 0 Å². The minimum atomic E-state index is 0.853. The van der Waals surface area contributed by atoms with Crippen LogP contribution in [0.5, 0.6) is 5.75 Å². The molecule has 0 bridgehead atoms. The second kappa shape index (κ2) is 6.97. The number of hydrogen-bond acceptors (Lipinski definition) is 4. The van der Waals surface area contributed by atoms with Gasteiger partial charge in [0.2, 0.25) is 0 Å². The van der Waals surface area contributed by atoms with Crippen LogP contribution in [0.15, 0.2) is 22.7 Å². The third-order valence-corrected chi connectivity index (χ3v) is 3.67. The average Bonchev–Trinajstić information content (AvgIpc) is 2.42. The zero-order valence-electron chi connectivity index (χ0n) is 10.6. The molecular formula is C13H19BrN2O2. The van der Waals surface area contributed by atoms with E-state index in [4.69, 9.17) is 9.47 Å². The molecule has 0 atom stereocenters. The topological polar surface area (TPSA) is 33.7 Å². The first-order valence-corrected chi connectivity index (χ1v) is 6.96. The number of rotatable bonds is 5. The summed E-state index contributed by atoms with van der Waals surface area (Å²) in [5.41, 5.74) is 1.09. The van der Waals surface area contributed by atoms with Crippen LogP contribution in [0, 0.1) is 0 Å². The van der Waals surface area contributed by atoms with Crippen LogP contribution in [0.2, 0.25) is 0 Å². The van der Waals surface area contributed by atoms with Crippen molar-refractivity contribution in [1.82, 2.24) is 4.90 Å². The Morgan fingerprint density at radius 1 is 1.39 bits per heavy atom. The normalized spacial score (nSPS) is 16.6. The van der Waals surface area contributed by atoms with Crippen molar-refractivity contribution in [3.63, 3.8) is 0 Å². The third kappa shape index (κ3) is 3.86. The summed E-state index contributed by atoms with van der Waals surface area (Å²) < 4.78 is 11.6. The Balaban J connectivity index is 1.79. The third-order valence-electron chi connectivity index (χ3n) is 3.01. The summed E-state index contributed by atoms with van der Waals surface area (Å²) in [4.78, 5) is 2.41. The molecule has 1 heterocycles. The van der Waals surface area contributed by atoms with E-state index < -0.39 is 0 Å². The smallest absolute Gasteiger partial charge is 0.135 e. The number of nitrogens with zero attached hydrogens (tertiary/aromatic N) is 1. The van der Waals surface area contributed by atoms with Gasteiger partial charge in [-0.3, -0.25) is 4.90 Å². The van der Waals surface area contributed by atoms with Crippen molar-refractivity contribution in [3.8, 4) is 5.75 Å². The zero-order valence-corrected chi connectivity index (χ0v) is 12.2. The van der Waals surface area contributed by atoms with Gasteiger partial charge in [0, 0.05) is 37.9 Å². The predicted molar refractivity (Wildman–Crippen MR) is 76.4 cm³/mol. The zero-order chi connectivity index (χ0) is 12.8. The molecule has 0 amide bonds. The van der Waals surface area contributed by atoms with Gasteiger partial charge in [-0.05, 0) is 28.1 Å². The SMILES string of the molecule is COc1cc(NCCN2CCOCC2)ccc1Br. The quantitative estimate of drug-likeness (QED) is 0.903. The molecule has 4 nitrogen and oxygen atoms in total. The second-order valence-electron chi connectivity index (χ2n) is 4.23. The van der Waals surface area contributed by atoms with Gasteiger partial charge in [-0.2, -0.15) is 0 Å². The predicted octanol–water partition coefficient (Wildman–Crippen LogP) is 2.20. The van der Waals surface area contributed by atoms with E-state index in [-0.39, 0.29) is 0 Å². The molecule has 0 aromatic heterocycles. The van der Waals surface area contributed by atoms with Crippen molar-refractivity contribution in [2.75, 3.05) is 51.8 Å². The van der Waals surface area contributed by atoms with Crippen LogP contribution in [0.1, 0.15) is 0 Å². The lowest BCUT2D eigenvalue weighted by Gasteiger charge is -2.26. The van der Waals surface area contributed by atoms with Crippen molar-refractivity contribution in [2.24, 2.45) is 0 Å². The molecule has 1 aromatic rings. The number of morpholine rings is 1. The molecule has 0 saturated carbocycles. The summed E-state index contributed by atoms with van der Waals surface area (Å²) in [5, 5.41) is 3.41. The van der Waals surface area contributed by atoms with E-state index in [0.717, 1.165) is 55.3 Å². The minimum absolute atomic E-state index is 0.853. The highest BCUT2D eigenvalue weighted by Crippen LogP contribution is 2.27. The van der Waals surface area contributed by atoms with Gasteiger partial charge in [0.15, 0.2) is 0 Å². The number of benzene rings is 1. The molecule has 1 aromatic carbocycles. The molecule has 100 valence electrons. The Morgan fingerprint density at radius 3 is 2.89 bits per heavy atom. The number of ether oxygens (including phenoxy) is 2. The largest absolute Gasteiger partial charge is 0.495 e. The summed E-state index contributed by atoms with van der Waals surface area (Å²) in [6.07, 6.45) is 0. The molecular weight excluding hydrogens is 296 g/mol. The molecule has 0 radical (unpaired) electrons. The van der Waals surface area contributed by atoms with Crippen LogP contribution < -0.4 is 10.1 Å². The Kier molecular flexibility index (Phi) is 5.28. The molecule has 0 unspecified atom stereocenters. The average molecular weight is 315 g/mol. The summed E-state index contributed by atoms with van der Waals surface area (Å²) in [7, 11) is 1.68. The Morgan fingerprint density at radius 2 is 2.17 bits per heavy atom. The number of nitrogens with one attached hydrogen (secondary N) is 1. The van der Waals surface area contributed by atoms with Gasteiger partial charge in [0.05, 0.1) is 24.8 Å². The fraction of sp³-hybridized carbons (Fsp3) is 0.538. The van der Waals surface area contributed by atoms with Gasteiger partial charge in [-0.15, -0.1) is 0 Å². The standard InChI is InChI=1S/C13H19BrN2O2/c1-17-13-10-11(2-3-12(13)14)15-4-5-16-6-8-18-9-7-16/h2-3,10,15H,4-9H2,1H3. The molecule has 5 heteroatoms. The van der Waals surface area contributed by atoms with Crippen LogP contribution in [-0.2, 0) is 4.74 Å². The van der Waals surface area contributed by atoms with Crippen molar-refractivity contribution < 1.29 is 9.47 Å². The van der Waals surface area contributed by atoms with Gasteiger partial charge >= 0.3 is 0 Å². The summed E-state index contributed by atoms with van der Waals surface area (Å²) in [6, 6.07) is 6.05. The summed E-state index contributed by atoms with van der Waals surface area (Å²) >= 11 is 3.45. The fourth-order valence-electron chi connectivity index (χ4n) is 1.95. The molecule has 1 aliphatic heterocycles. The van der Waals surface area contributed by atoms with Crippen molar-refractivity contribution >= 4 is 21.6 Å². The van der Waals surface area contributed by atoms with E-state index in [1.165, 1.54) is 0 Å². The molecule has 18 heavy (non-hydrogen) atoms. The highest BCUT2D eigenvalue weighted by atomic mass is 79.9. The first kappa shape index (κ1) is 13.6. The van der Waals surface area contributed by atoms with Crippen molar-refractivity contribution in [1.29, 1.82) is 0 Å². The molecule has 1 aliphatic rings. The fourth-order valence-corrected chi connectivity index (χ4v) is 2.36. The molecule has 1 fully saturated rings. The van der Waals surface area contributed by atoms with Gasteiger partial charge in [-0.25, -0.2) is 0 Å². The van der Waals surface area contributed by atoms with E-state index >= 15 is 0 Å². The monoisotopic (exact) mass is 314 g/mol. The number of halogens is 1. The maximum atomic E-state index is 5.32. The van der Waals surface area contributed by atoms with Gasteiger partial charge in [0.1, 0.15) is 5.75 Å². The number of methoxy groups -OCH3 is 1. The number of hydrogen-bond donors (Lipinski definition) is 1. The highest BCUT2D eigenvalue weighted by molar-refractivity contribution is 9.10. The summed E-state index contributed by atoms with van der Waals surface area (Å²) in [6.45, 7) is 5.75. The number of anilines is 1. The van der Waals surface area contributed by atoms with E-state index in [1.54, 1.807) is 7.11 Å². The Hall–Kier alpha value is -0.780. The van der Waals surface area contributed by atoms with Crippen LogP contribution in [0.4, 0.5) is 5.69 Å². The molecule has 1 N–H and O–H groups in total. The van der Waals surface area contributed by atoms with Gasteiger partial charge < -0.3 is 14.8 Å². The lowest BCUT2D eigenvalue weighted by Crippen LogP contribution is -2.38. The molecule has 0 spiro atoms. The Bertz CT molecular complexity index is 381. The van der Waals surface area contributed by atoms with E-state index in [0.29, 0.717) is 0 Å². The molecule has 0 aliphatic carbocycles. The lowest BCUT2D eigenvalue weighted by molar-refractivity contribution is 0.0398. The molecule has 1 saturated heterocycles. The lowest BCUT2D eigenvalue weighted by atomic mass is 10.3. The van der Waals surface area contributed by atoms with Crippen molar-refractivity contribution in [3.05, 3.63) is 22.7 Å². The van der Waals surface area contributed by atoms with Crippen LogP contribution in [-0.4, -0.2) is 51.4 Å². The maximum absolute atomic E-state index is 5.32. The maximum Gasteiger partial charge on any atom is 0.135 e. The first-order valence-electron chi connectivity index (χ1n) is 6.17. The van der Waals surface area contributed by atoms with Crippen LogP contribution >= 0.6 is 15.9 Å². The van der Waals surface area contributed by atoms with E-state index in [2.05, 4.69) is 26.1 Å². The first-order chi connectivity index (χ1) is 8.79. The van der Waals surface area contributed by atoms with E-state index in [1.807, 2.05) is 18.2 Å². The second-order valence-corrected chi connectivity index (χ2v) is 5.08. The minimum Gasteiger partial charge on any atom is -0.495 e. The Labute approximate surface area is 116 Å².